The molecule has 0 aliphatic carbocycles. The summed E-state index contributed by atoms with van der Waals surface area (Å²) in [5, 5.41) is 8.70. The van der Waals surface area contributed by atoms with Crippen molar-refractivity contribution in [3.05, 3.63) is 23.8 Å². The van der Waals surface area contributed by atoms with E-state index in [1.807, 2.05) is 0 Å². The molecule has 20 heavy (non-hydrogen) atoms. The van der Waals surface area contributed by atoms with Crippen LogP contribution in [0.3, 0.4) is 0 Å². The highest BCUT2D eigenvalue weighted by molar-refractivity contribution is 6.20. The summed E-state index contributed by atoms with van der Waals surface area (Å²) in [4.78, 5) is 24.8. The van der Waals surface area contributed by atoms with Crippen molar-refractivity contribution in [3.8, 4) is 17.6 Å². The minimum absolute atomic E-state index is 0.000884. The van der Waals surface area contributed by atoms with Crippen LogP contribution in [0.15, 0.2) is 18.2 Å². The quantitative estimate of drug-likeness (QED) is 0.661. The van der Waals surface area contributed by atoms with Crippen molar-refractivity contribution in [2.24, 2.45) is 0 Å². The second-order valence-electron chi connectivity index (χ2n) is 4.28. The molecular weight excluding hydrogens is 258 g/mol. The van der Waals surface area contributed by atoms with Gasteiger partial charge in [-0.3, -0.25) is 9.59 Å². The van der Waals surface area contributed by atoms with Crippen LogP contribution in [-0.4, -0.2) is 30.6 Å². The zero-order valence-corrected chi connectivity index (χ0v) is 11.2. The molecule has 1 aromatic rings. The molecule has 2 amide bonds. The molecule has 104 valence electrons. The summed E-state index contributed by atoms with van der Waals surface area (Å²) < 4.78 is 5.20. The first-order chi connectivity index (χ1) is 9.67. The van der Waals surface area contributed by atoms with Crippen molar-refractivity contribution < 1.29 is 19.4 Å². The molecule has 1 heterocycles. The summed E-state index contributed by atoms with van der Waals surface area (Å²) in [6, 6.07) is 5.08. The molecule has 1 aliphatic heterocycles. The molecule has 5 heteroatoms. The van der Waals surface area contributed by atoms with Crippen LogP contribution < -0.4 is 9.64 Å². The SMILES string of the molecule is COc1ccc(C#CCCO)cc1N1C(=O)CCC1=O. The number of nitrogens with zero attached hydrogens (tertiary/aromatic N) is 1. The molecule has 1 saturated heterocycles. The zero-order valence-electron chi connectivity index (χ0n) is 11.2. The van der Waals surface area contributed by atoms with Crippen LogP contribution in [0.1, 0.15) is 24.8 Å². The second kappa shape index (κ2) is 6.22. The highest BCUT2D eigenvalue weighted by Crippen LogP contribution is 2.32. The minimum atomic E-state index is -0.228. The number of imide groups is 1. The van der Waals surface area contributed by atoms with Crippen molar-refractivity contribution in [1.29, 1.82) is 0 Å². The maximum Gasteiger partial charge on any atom is 0.234 e. The Morgan fingerprint density at radius 1 is 1.30 bits per heavy atom. The lowest BCUT2D eigenvalue weighted by atomic mass is 10.1. The lowest BCUT2D eigenvalue weighted by Gasteiger charge is -2.17. The third kappa shape index (κ3) is 2.81. The van der Waals surface area contributed by atoms with Crippen molar-refractivity contribution in [1.82, 2.24) is 0 Å². The number of hydrogen-bond acceptors (Lipinski definition) is 4. The first kappa shape index (κ1) is 14.1. The smallest absolute Gasteiger partial charge is 0.234 e. The number of amides is 2. The van der Waals surface area contributed by atoms with Gasteiger partial charge >= 0.3 is 0 Å². The van der Waals surface area contributed by atoms with Crippen LogP contribution in [0.25, 0.3) is 0 Å². The third-order valence-corrected chi connectivity index (χ3v) is 2.94. The molecule has 0 spiro atoms. The lowest BCUT2D eigenvalue weighted by Crippen LogP contribution is -2.29. The Labute approximate surface area is 117 Å². The van der Waals surface area contributed by atoms with Crippen LogP contribution in [0, 0.1) is 11.8 Å². The monoisotopic (exact) mass is 273 g/mol. The molecule has 1 aromatic carbocycles. The number of aliphatic hydroxyl groups is 1. The number of methoxy groups -OCH3 is 1. The Hall–Kier alpha value is -2.32. The molecule has 0 radical (unpaired) electrons. The highest BCUT2D eigenvalue weighted by atomic mass is 16.5. The Bertz CT molecular complexity index is 582. The van der Waals surface area contributed by atoms with E-state index in [-0.39, 0.29) is 31.3 Å². The van der Waals surface area contributed by atoms with Gasteiger partial charge in [-0.2, -0.15) is 0 Å². The van der Waals surface area contributed by atoms with Crippen LogP contribution in [0.5, 0.6) is 5.75 Å². The van der Waals surface area contributed by atoms with Gasteiger partial charge in [-0.15, -0.1) is 0 Å². The van der Waals surface area contributed by atoms with Crippen molar-refractivity contribution >= 4 is 17.5 Å². The number of ether oxygens (including phenoxy) is 1. The number of hydrogen-bond donors (Lipinski definition) is 1. The predicted molar refractivity (Wildman–Crippen MR) is 73.3 cm³/mol. The maximum absolute atomic E-state index is 11.8. The Morgan fingerprint density at radius 3 is 2.60 bits per heavy atom. The van der Waals surface area contributed by atoms with Gasteiger partial charge in [0.2, 0.25) is 11.8 Å². The van der Waals surface area contributed by atoms with Crippen LogP contribution in [-0.2, 0) is 9.59 Å². The first-order valence-electron chi connectivity index (χ1n) is 6.31. The van der Waals surface area contributed by atoms with Gasteiger partial charge < -0.3 is 9.84 Å². The number of carbonyl (C=O) groups is 2. The summed E-state index contributed by atoms with van der Waals surface area (Å²) in [6.07, 6.45) is 0.827. The molecule has 0 atom stereocenters. The molecule has 1 aliphatic rings. The summed E-state index contributed by atoms with van der Waals surface area (Å²) >= 11 is 0. The van der Waals surface area contributed by atoms with E-state index < -0.39 is 0 Å². The zero-order chi connectivity index (χ0) is 14.5. The molecule has 5 nitrogen and oxygen atoms in total. The fraction of sp³-hybridized carbons (Fsp3) is 0.333. The van der Waals surface area contributed by atoms with E-state index in [2.05, 4.69) is 11.8 Å². The summed E-state index contributed by atoms with van der Waals surface area (Å²) in [7, 11) is 1.49. The fourth-order valence-corrected chi connectivity index (χ4v) is 2.01. The summed E-state index contributed by atoms with van der Waals surface area (Å²) in [6.45, 7) is -0.000884. The minimum Gasteiger partial charge on any atom is -0.495 e. The maximum atomic E-state index is 11.8. The van der Waals surface area contributed by atoms with Gasteiger partial charge in [0.05, 0.1) is 19.4 Å². The van der Waals surface area contributed by atoms with Gasteiger partial charge in [0.15, 0.2) is 0 Å². The fourth-order valence-electron chi connectivity index (χ4n) is 2.01. The normalized spacial score (nSPS) is 14.2. The van der Waals surface area contributed by atoms with Gasteiger partial charge in [-0.25, -0.2) is 4.90 Å². The third-order valence-electron chi connectivity index (χ3n) is 2.94. The standard InChI is InChI=1S/C15H15NO4/c1-20-13-6-5-11(4-2-3-9-17)10-12(13)16-14(18)7-8-15(16)19/h5-6,10,17H,3,7-9H2,1H3. The van der Waals surface area contributed by atoms with Crippen LogP contribution >= 0.6 is 0 Å². The molecule has 0 unspecified atom stereocenters. The van der Waals surface area contributed by atoms with E-state index in [1.165, 1.54) is 7.11 Å². The average molecular weight is 273 g/mol. The highest BCUT2D eigenvalue weighted by Gasteiger charge is 2.32. The van der Waals surface area contributed by atoms with E-state index in [9.17, 15) is 9.59 Å². The van der Waals surface area contributed by atoms with Gasteiger partial charge in [-0.1, -0.05) is 11.8 Å². The van der Waals surface area contributed by atoms with Gasteiger partial charge in [0.25, 0.3) is 0 Å². The number of rotatable bonds is 3. The molecule has 1 N–H and O–H groups in total. The average Bonchev–Trinajstić information content (AvgIpc) is 2.78. The molecule has 0 aromatic heterocycles. The summed E-state index contributed by atoms with van der Waals surface area (Å²) in [5.41, 5.74) is 1.09. The van der Waals surface area contributed by atoms with E-state index in [0.717, 1.165) is 4.90 Å². The van der Waals surface area contributed by atoms with E-state index in [0.29, 0.717) is 23.4 Å². The molecule has 2 rings (SSSR count). The number of benzene rings is 1. The Kier molecular flexibility index (Phi) is 4.38. The van der Waals surface area contributed by atoms with Crippen molar-refractivity contribution in [2.75, 3.05) is 18.6 Å². The predicted octanol–water partition coefficient (Wildman–Crippen LogP) is 1.08. The van der Waals surface area contributed by atoms with Gasteiger partial charge in [0.1, 0.15) is 5.75 Å². The molecule has 0 saturated carbocycles. The van der Waals surface area contributed by atoms with Crippen molar-refractivity contribution in [2.45, 2.75) is 19.3 Å². The van der Waals surface area contributed by atoms with Crippen molar-refractivity contribution in [3.63, 3.8) is 0 Å². The summed E-state index contributed by atoms with van der Waals surface area (Å²) in [5.74, 6) is 5.68. The topological polar surface area (TPSA) is 66.8 Å². The van der Waals surface area contributed by atoms with E-state index in [4.69, 9.17) is 9.84 Å². The first-order valence-corrected chi connectivity index (χ1v) is 6.31. The molecular formula is C15H15NO4. The second-order valence-corrected chi connectivity index (χ2v) is 4.28. The van der Waals surface area contributed by atoms with Gasteiger partial charge in [0, 0.05) is 24.8 Å². The largest absolute Gasteiger partial charge is 0.495 e. The van der Waals surface area contributed by atoms with E-state index in [1.54, 1.807) is 18.2 Å². The number of carbonyl (C=O) groups excluding carboxylic acids is 2. The van der Waals surface area contributed by atoms with Gasteiger partial charge in [-0.05, 0) is 18.2 Å². The molecule has 1 fully saturated rings. The number of anilines is 1. The Balaban J connectivity index is 2.40. The van der Waals surface area contributed by atoms with Crippen LogP contribution in [0.2, 0.25) is 0 Å². The van der Waals surface area contributed by atoms with E-state index >= 15 is 0 Å². The van der Waals surface area contributed by atoms with Crippen LogP contribution in [0.4, 0.5) is 5.69 Å². The lowest BCUT2D eigenvalue weighted by molar-refractivity contribution is -0.121. The molecule has 0 bridgehead atoms. The Morgan fingerprint density at radius 2 is 2.00 bits per heavy atom. The number of aliphatic hydroxyl groups excluding tert-OH is 1.